The molecule has 3 heterocycles. The number of amides is 1. The molecule has 0 unspecified atom stereocenters. The standard InChI is InChI=1S/C28H32F2N8O2/c1-15(2)37-7-9-38(10-8-37)22-14-23(40-4)20(11-16(22)3)34-28-35-26-18(5-6-32-26)27(36-28)33-21-13-17(29)12-19(30)24(21)25(31)39/h5-6,11-15H,7-10H2,1-4H3,(H2,31,39)(H3,32,33,34,35,36)/p+1. The Balaban J connectivity index is 1.46. The third kappa shape index (κ3) is 5.34. The molecule has 1 aliphatic heterocycles. The molecule has 5 rings (SSSR count). The number of primary amides is 1. The van der Waals surface area contributed by atoms with Crippen molar-refractivity contribution >= 4 is 45.8 Å². The summed E-state index contributed by atoms with van der Waals surface area (Å²) in [5.74, 6) is -1.75. The first-order chi connectivity index (χ1) is 19.1. The van der Waals surface area contributed by atoms with Crippen molar-refractivity contribution in [1.29, 1.82) is 0 Å². The molecule has 1 aliphatic rings. The molecule has 0 spiro atoms. The summed E-state index contributed by atoms with van der Waals surface area (Å²) >= 11 is 0. The van der Waals surface area contributed by atoms with Gasteiger partial charge in [0, 0.05) is 56.2 Å². The van der Waals surface area contributed by atoms with E-state index in [1.807, 2.05) is 12.1 Å². The van der Waals surface area contributed by atoms with Gasteiger partial charge in [-0.05, 0) is 44.5 Å². The third-order valence-corrected chi connectivity index (χ3v) is 7.18. The van der Waals surface area contributed by atoms with Gasteiger partial charge in [-0.15, -0.1) is 0 Å². The van der Waals surface area contributed by atoms with Gasteiger partial charge >= 0.3 is 5.95 Å². The van der Waals surface area contributed by atoms with E-state index in [9.17, 15) is 13.6 Å². The summed E-state index contributed by atoms with van der Waals surface area (Å²) in [4.78, 5) is 27.6. The van der Waals surface area contributed by atoms with Crippen LogP contribution in [0.4, 0.5) is 37.6 Å². The first kappa shape index (κ1) is 27.1. The van der Waals surface area contributed by atoms with Gasteiger partial charge in [0.25, 0.3) is 5.91 Å². The highest BCUT2D eigenvalue weighted by atomic mass is 19.1. The van der Waals surface area contributed by atoms with Crippen LogP contribution < -0.4 is 31.0 Å². The zero-order valence-electron chi connectivity index (χ0n) is 22.9. The molecule has 0 atom stereocenters. The van der Waals surface area contributed by atoms with Crippen LogP contribution in [0.5, 0.6) is 5.75 Å². The number of benzene rings is 2. The van der Waals surface area contributed by atoms with Gasteiger partial charge in [0.2, 0.25) is 11.5 Å². The third-order valence-electron chi connectivity index (χ3n) is 7.18. The van der Waals surface area contributed by atoms with Crippen molar-refractivity contribution in [3.05, 3.63) is 59.3 Å². The van der Waals surface area contributed by atoms with Crippen LogP contribution >= 0.6 is 0 Å². The molecule has 40 heavy (non-hydrogen) atoms. The van der Waals surface area contributed by atoms with E-state index in [1.54, 1.807) is 19.4 Å². The predicted octanol–water partition coefficient (Wildman–Crippen LogP) is 4.09. The van der Waals surface area contributed by atoms with E-state index < -0.39 is 23.1 Å². The molecule has 210 valence electrons. The Bertz CT molecular complexity index is 1560. The number of nitrogens with two attached hydrogens (primary N) is 1. The quantitative estimate of drug-likeness (QED) is 0.260. The average Bonchev–Trinajstić information content (AvgIpc) is 3.37. The van der Waals surface area contributed by atoms with Crippen LogP contribution in [0.1, 0.15) is 29.8 Å². The number of methoxy groups -OCH3 is 1. The molecule has 0 radical (unpaired) electrons. The Kier molecular flexibility index (Phi) is 7.44. The first-order valence-corrected chi connectivity index (χ1v) is 13.1. The maximum atomic E-state index is 14.4. The minimum Gasteiger partial charge on any atom is -0.493 e. The van der Waals surface area contributed by atoms with Gasteiger partial charge in [0.15, 0.2) is 5.75 Å². The number of hydrogen-bond acceptors (Lipinski definition) is 7. The molecule has 1 amide bonds. The number of hydrogen-bond donors (Lipinski definition) is 4. The minimum absolute atomic E-state index is 0.132. The van der Waals surface area contributed by atoms with E-state index in [1.165, 1.54) is 0 Å². The molecular formula is C28H33F2N8O2+. The van der Waals surface area contributed by atoms with Gasteiger partial charge in [0.1, 0.15) is 17.3 Å². The van der Waals surface area contributed by atoms with Gasteiger partial charge < -0.3 is 20.7 Å². The number of aryl methyl sites for hydroxylation is 1. The summed E-state index contributed by atoms with van der Waals surface area (Å²) in [6.45, 7) is 10.3. The van der Waals surface area contributed by atoms with Gasteiger partial charge in [-0.3, -0.25) is 20.0 Å². The highest BCUT2D eigenvalue weighted by Crippen LogP contribution is 2.35. The number of aromatic nitrogens is 3. The fourth-order valence-corrected chi connectivity index (χ4v) is 5.08. The maximum absolute atomic E-state index is 14.4. The number of nitrogens with one attached hydrogen (secondary N) is 4. The summed E-state index contributed by atoms with van der Waals surface area (Å²) < 4.78 is 34.2. The van der Waals surface area contributed by atoms with Crippen molar-refractivity contribution in [2.45, 2.75) is 26.8 Å². The number of halogens is 2. The van der Waals surface area contributed by atoms with E-state index in [0.717, 1.165) is 43.5 Å². The summed E-state index contributed by atoms with van der Waals surface area (Å²) in [6, 6.07) is 7.88. The molecule has 2 aromatic carbocycles. The second-order valence-corrected chi connectivity index (χ2v) is 10.1. The topological polar surface area (TPSA) is 126 Å². The minimum atomic E-state index is -1.06. The van der Waals surface area contributed by atoms with Crippen molar-refractivity contribution in [3.8, 4) is 5.75 Å². The molecule has 6 N–H and O–H groups in total. The maximum Gasteiger partial charge on any atom is 0.351 e. The van der Waals surface area contributed by atoms with Gasteiger partial charge in [-0.2, -0.15) is 0 Å². The molecule has 4 aromatic rings. The number of H-pyrrole nitrogens is 2. The highest BCUT2D eigenvalue weighted by molar-refractivity contribution is 6.00. The Morgan fingerprint density at radius 2 is 1.88 bits per heavy atom. The first-order valence-electron chi connectivity index (χ1n) is 13.1. The molecule has 0 bridgehead atoms. The number of aromatic amines is 2. The lowest BCUT2D eigenvalue weighted by atomic mass is 10.1. The van der Waals surface area contributed by atoms with Crippen LogP contribution in [-0.4, -0.2) is 60.1 Å². The largest absolute Gasteiger partial charge is 0.493 e. The second kappa shape index (κ2) is 11.0. The molecule has 12 heteroatoms. The zero-order valence-corrected chi connectivity index (χ0v) is 22.9. The Hall–Kier alpha value is -4.45. The van der Waals surface area contributed by atoms with E-state index in [2.05, 4.69) is 56.2 Å². The molecule has 10 nitrogen and oxygen atoms in total. The van der Waals surface area contributed by atoms with Crippen LogP contribution in [0, 0.1) is 18.6 Å². The molecule has 1 fully saturated rings. The summed E-state index contributed by atoms with van der Waals surface area (Å²) in [5.41, 5.74) is 8.23. The van der Waals surface area contributed by atoms with Crippen molar-refractivity contribution in [2.24, 2.45) is 5.73 Å². The fourth-order valence-electron chi connectivity index (χ4n) is 5.08. The lowest BCUT2D eigenvalue weighted by molar-refractivity contribution is -0.333. The summed E-state index contributed by atoms with van der Waals surface area (Å²) in [7, 11) is 1.61. The number of carbonyl (C=O) groups excluding carboxylic acids is 1. The van der Waals surface area contributed by atoms with Crippen molar-refractivity contribution in [1.82, 2.24) is 14.9 Å². The van der Waals surface area contributed by atoms with E-state index >= 15 is 0 Å². The lowest BCUT2D eigenvalue weighted by Crippen LogP contribution is -2.49. The summed E-state index contributed by atoms with van der Waals surface area (Å²) in [5, 5.41) is 6.75. The van der Waals surface area contributed by atoms with Crippen LogP contribution in [0.15, 0.2) is 36.5 Å². The monoisotopic (exact) mass is 551 g/mol. The average molecular weight is 552 g/mol. The predicted molar refractivity (Wildman–Crippen MR) is 151 cm³/mol. The highest BCUT2D eigenvalue weighted by Gasteiger charge is 2.24. The number of rotatable bonds is 8. The zero-order chi connectivity index (χ0) is 28.6. The molecule has 1 saturated heterocycles. The number of nitrogens with zero attached hydrogens (tertiary/aromatic N) is 3. The Labute approximate surface area is 230 Å². The summed E-state index contributed by atoms with van der Waals surface area (Å²) in [6.07, 6.45) is 1.69. The smallest absolute Gasteiger partial charge is 0.351 e. The number of ether oxygens (including phenoxy) is 1. The van der Waals surface area contributed by atoms with E-state index in [4.69, 9.17) is 10.5 Å². The van der Waals surface area contributed by atoms with Gasteiger partial charge in [-0.1, -0.05) is 4.98 Å². The normalized spacial score (nSPS) is 14.1. The van der Waals surface area contributed by atoms with Crippen molar-refractivity contribution in [2.75, 3.05) is 48.8 Å². The van der Waals surface area contributed by atoms with Crippen LogP contribution in [0.3, 0.4) is 0 Å². The number of piperazine rings is 1. The van der Waals surface area contributed by atoms with Crippen LogP contribution in [0.2, 0.25) is 0 Å². The molecular weight excluding hydrogens is 518 g/mol. The Morgan fingerprint density at radius 1 is 1.12 bits per heavy atom. The van der Waals surface area contributed by atoms with Crippen LogP contribution in [-0.2, 0) is 0 Å². The van der Waals surface area contributed by atoms with E-state index in [-0.39, 0.29) is 11.5 Å². The van der Waals surface area contributed by atoms with Crippen molar-refractivity contribution < 1.29 is 23.3 Å². The lowest BCUT2D eigenvalue weighted by Gasteiger charge is -2.38. The second-order valence-electron chi connectivity index (χ2n) is 10.1. The molecule has 2 aromatic heterocycles. The Morgan fingerprint density at radius 3 is 2.55 bits per heavy atom. The van der Waals surface area contributed by atoms with Gasteiger partial charge in [-0.25, -0.2) is 13.8 Å². The number of anilines is 5. The molecule has 0 aliphatic carbocycles. The van der Waals surface area contributed by atoms with Crippen molar-refractivity contribution in [3.63, 3.8) is 0 Å². The number of carbonyl (C=O) groups is 1. The molecule has 0 saturated carbocycles. The SMILES string of the molecule is COc1cc(N2CCN(C(C)C)CC2)c(C)cc1Nc1nc(Nc2cc(F)cc(F)c2C(N)=O)c2cc[nH]c2[nH+]1. The van der Waals surface area contributed by atoms with Gasteiger partial charge in [0.05, 0.1) is 23.7 Å². The van der Waals surface area contributed by atoms with E-state index in [0.29, 0.717) is 40.5 Å². The number of fused-ring (bicyclic) bond motifs is 1. The van der Waals surface area contributed by atoms with Crippen LogP contribution in [0.25, 0.3) is 11.0 Å². The fraction of sp³-hybridized carbons (Fsp3) is 0.321.